The lowest BCUT2D eigenvalue weighted by atomic mass is 10.2. The number of nitrogens with two attached hydrogens (primary N) is 1. The van der Waals surface area contributed by atoms with Gasteiger partial charge in [0, 0.05) is 37.3 Å². The highest BCUT2D eigenvalue weighted by Gasteiger charge is 2.26. The minimum atomic E-state index is -0.472. The van der Waals surface area contributed by atoms with Gasteiger partial charge in [0.2, 0.25) is 0 Å². The normalized spacial score (nSPS) is 15.9. The molecule has 0 atom stereocenters. The van der Waals surface area contributed by atoms with Crippen molar-refractivity contribution in [3.8, 4) is 0 Å². The predicted octanol–water partition coefficient (Wildman–Crippen LogP) is 2.44. The molecule has 1 amide bonds. The van der Waals surface area contributed by atoms with Crippen LogP contribution in [0.4, 0.5) is 4.79 Å². The zero-order valence-corrected chi connectivity index (χ0v) is 17.8. The number of hydrogen-bond donors (Lipinski definition) is 1. The van der Waals surface area contributed by atoms with Crippen LogP contribution >= 0.6 is 35.3 Å². The molecular formula is C15H26IN5O2S. The van der Waals surface area contributed by atoms with Gasteiger partial charge in [-0.3, -0.25) is 0 Å². The molecule has 0 unspecified atom stereocenters. The number of hydrogen-bond acceptors (Lipinski definition) is 5. The Kier molecular flexibility index (Phi) is 7.71. The Labute approximate surface area is 164 Å². The second-order valence-electron chi connectivity index (χ2n) is 6.51. The van der Waals surface area contributed by atoms with Crippen LogP contribution in [-0.4, -0.2) is 58.6 Å². The first-order valence-corrected chi connectivity index (χ1v) is 8.56. The van der Waals surface area contributed by atoms with Crippen LogP contribution in [0.15, 0.2) is 10.4 Å². The molecule has 1 aromatic heterocycles. The third kappa shape index (κ3) is 6.42. The maximum absolute atomic E-state index is 12.0. The summed E-state index contributed by atoms with van der Waals surface area (Å²) in [7, 11) is 0. The number of carbonyl (C=O) groups is 1. The summed E-state index contributed by atoms with van der Waals surface area (Å²) in [5.41, 5.74) is 6.58. The number of aliphatic imine (C=N–C) groups is 1. The second kappa shape index (κ2) is 8.84. The van der Waals surface area contributed by atoms with Gasteiger partial charge in [0.05, 0.1) is 6.54 Å². The third-order valence-corrected chi connectivity index (χ3v) is 4.25. The van der Waals surface area contributed by atoms with Crippen molar-refractivity contribution in [1.29, 1.82) is 0 Å². The van der Waals surface area contributed by atoms with Gasteiger partial charge in [-0.1, -0.05) is 0 Å². The van der Waals surface area contributed by atoms with Crippen molar-refractivity contribution in [3.63, 3.8) is 0 Å². The Hall–Kier alpha value is -1.10. The maximum atomic E-state index is 12.0. The SMILES string of the molecule is Cc1csc(CN=C(N)N2CCN(C(=O)OC(C)(C)C)CC2)n1.I. The summed E-state index contributed by atoms with van der Waals surface area (Å²) >= 11 is 1.59. The van der Waals surface area contributed by atoms with E-state index in [4.69, 9.17) is 10.5 Å². The first-order valence-electron chi connectivity index (χ1n) is 7.68. The van der Waals surface area contributed by atoms with E-state index >= 15 is 0 Å². The van der Waals surface area contributed by atoms with Gasteiger partial charge in [-0.05, 0) is 27.7 Å². The molecule has 0 saturated carbocycles. The number of carbonyl (C=O) groups excluding carboxylic acids is 1. The van der Waals surface area contributed by atoms with E-state index in [1.807, 2.05) is 38.0 Å². The van der Waals surface area contributed by atoms with Gasteiger partial charge in [-0.2, -0.15) is 0 Å². The Morgan fingerprint density at radius 1 is 1.33 bits per heavy atom. The van der Waals surface area contributed by atoms with Crippen molar-refractivity contribution in [2.45, 2.75) is 39.8 Å². The molecule has 0 spiro atoms. The molecule has 2 heterocycles. The molecule has 1 aliphatic heterocycles. The number of nitrogens with zero attached hydrogens (tertiary/aromatic N) is 4. The Morgan fingerprint density at radius 3 is 2.42 bits per heavy atom. The molecule has 0 aromatic carbocycles. The molecule has 1 saturated heterocycles. The van der Waals surface area contributed by atoms with Gasteiger partial charge >= 0.3 is 6.09 Å². The average Bonchev–Trinajstić information content (AvgIpc) is 2.89. The van der Waals surface area contributed by atoms with Crippen molar-refractivity contribution in [3.05, 3.63) is 16.1 Å². The summed E-state index contributed by atoms with van der Waals surface area (Å²) < 4.78 is 5.38. The van der Waals surface area contributed by atoms with Crippen LogP contribution < -0.4 is 5.73 Å². The zero-order chi connectivity index (χ0) is 17.0. The van der Waals surface area contributed by atoms with Crippen LogP contribution in [-0.2, 0) is 11.3 Å². The van der Waals surface area contributed by atoms with Crippen molar-refractivity contribution >= 4 is 47.4 Å². The topological polar surface area (TPSA) is 84.0 Å². The summed E-state index contributed by atoms with van der Waals surface area (Å²) in [5.74, 6) is 0.502. The van der Waals surface area contributed by atoms with Gasteiger partial charge in [0.15, 0.2) is 5.96 Å². The first kappa shape index (κ1) is 20.9. The fraction of sp³-hybridized carbons (Fsp3) is 0.667. The van der Waals surface area contributed by atoms with Crippen LogP contribution in [0.25, 0.3) is 0 Å². The van der Waals surface area contributed by atoms with Gasteiger partial charge < -0.3 is 20.3 Å². The Morgan fingerprint density at radius 2 is 1.92 bits per heavy atom. The number of thiazole rings is 1. The van der Waals surface area contributed by atoms with Crippen molar-refractivity contribution in [2.75, 3.05) is 26.2 Å². The summed E-state index contributed by atoms with van der Waals surface area (Å²) in [6.45, 7) is 10.5. The lowest BCUT2D eigenvalue weighted by Crippen LogP contribution is -2.53. The van der Waals surface area contributed by atoms with Crippen molar-refractivity contribution < 1.29 is 9.53 Å². The van der Waals surface area contributed by atoms with Crippen molar-refractivity contribution in [1.82, 2.24) is 14.8 Å². The highest BCUT2D eigenvalue weighted by molar-refractivity contribution is 14.0. The van der Waals surface area contributed by atoms with Gasteiger partial charge in [0.1, 0.15) is 10.6 Å². The second-order valence-corrected chi connectivity index (χ2v) is 7.45. The predicted molar refractivity (Wildman–Crippen MR) is 107 cm³/mol. The van der Waals surface area contributed by atoms with E-state index in [-0.39, 0.29) is 30.1 Å². The molecule has 0 aliphatic carbocycles. The molecule has 9 heteroatoms. The molecule has 0 bridgehead atoms. The molecule has 24 heavy (non-hydrogen) atoms. The van der Waals surface area contributed by atoms with E-state index in [1.54, 1.807) is 16.2 Å². The number of ether oxygens (including phenoxy) is 1. The number of amides is 1. The van der Waals surface area contributed by atoms with E-state index < -0.39 is 5.60 Å². The van der Waals surface area contributed by atoms with Crippen LogP contribution in [0, 0.1) is 6.92 Å². The van der Waals surface area contributed by atoms with Gasteiger partial charge in [0.25, 0.3) is 0 Å². The molecule has 0 radical (unpaired) electrons. The van der Waals surface area contributed by atoms with Crippen LogP contribution in [0.5, 0.6) is 0 Å². The molecule has 2 rings (SSSR count). The molecular weight excluding hydrogens is 441 g/mol. The number of aromatic nitrogens is 1. The fourth-order valence-electron chi connectivity index (χ4n) is 2.17. The highest BCUT2D eigenvalue weighted by atomic mass is 127. The number of guanidine groups is 1. The zero-order valence-electron chi connectivity index (χ0n) is 14.6. The molecule has 1 fully saturated rings. The minimum Gasteiger partial charge on any atom is -0.444 e. The maximum Gasteiger partial charge on any atom is 0.410 e. The number of piperazine rings is 1. The standard InChI is InChI=1S/C15H25N5O2S.HI/c1-11-10-23-12(18-11)9-17-13(16)19-5-7-20(8-6-19)14(21)22-15(2,3)4;/h10H,5-9H2,1-4H3,(H2,16,17);1H. The fourth-order valence-corrected chi connectivity index (χ4v) is 2.86. The monoisotopic (exact) mass is 467 g/mol. The van der Waals surface area contributed by atoms with E-state index in [9.17, 15) is 4.79 Å². The van der Waals surface area contributed by atoms with Gasteiger partial charge in [-0.25, -0.2) is 14.8 Å². The first-order chi connectivity index (χ1) is 10.7. The molecule has 2 N–H and O–H groups in total. The van der Waals surface area contributed by atoms with Crippen molar-refractivity contribution in [2.24, 2.45) is 10.7 Å². The Balaban J connectivity index is 0.00000288. The van der Waals surface area contributed by atoms with E-state index in [0.29, 0.717) is 38.7 Å². The molecule has 7 nitrogen and oxygen atoms in total. The molecule has 1 aliphatic rings. The minimum absolute atomic E-state index is 0. The summed E-state index contributed by atoms with van der Waals surface area (Å²) in [4.78, 5) is 24.5. The third-order valence-electron chi connectivity index (χ3n) is 3.30. The van der Waals surface area contributed by atoms with Crippen LogP contribution in [0.3, 0.4) is 0 Å². The number of rotatable bonds is 2. The van der Waals surface area contributed by atoms with Gasteiger partial charge in [-0.15, -0.1) is 35.3 Å². The molecule has 1 aromatic rings. The molecule has 136 valence electrons. The van der Waals surface area contributed by atoms with E-state index in [0.717, 1.165) is 10.7 Å². The number of halogens is 1. The van der Waals surface area contributed by atoms with Crippen LogP contribution in [0.2, 0.25) is 0 Å². The largest absolute Gasteiger partial charge is 0.444 e. The summed E-state index contributed by atoms with van der Waals surface area (Å²) in [6.07, 6.45) is -0.272. The quantitative estimate of drug-likeness (QED) is 0.411. The summed E-state index contributed by atoms with van der Waals surface area (Å²) in [6, 6.07) is 0. The average molecular weight is 467 g/mol. The van der Waals surface area contributed by atoms with Crippen LogP contribution in [0.1, 0.15) is 31.5 Å². The summed E-state index contributed by atoms with van der Waals surface area (Å²) in [5, 5.41) is 2.96. The smallest absolute Gasteiger partial charge is 0.410 e. The lowest BCUT2D eigenvalue weighted by Gasteiger charge is -2.36. The number of aryl methyl sites for hydroxylation is 1. The lowest BCUT2D eigenvalue weighted by molar-refractivity contribution is 0.0186. The Bertz CT molecular complexity index is 577. The highest BCUT2D eigenvalue weighted by Crippen LogP contribution is 2.12. The van der Waals surface area contributed by atoms with E-state index in [1.165, 1.54) is 0 Å². The van der Waals surface area contributed by atoms with E-state index in [2.05, 4.69) is 9.98 Å².